The molecule has 7 nitrogen and oxygen atoms in total. The number of carbonyl (C=O) groups excluding carboxylic acids is 4. The second-order valence-electron chi connectivity index (χ2n) is 5.77. The molecule has 24 heavy (non-hydrogen) atoms. The second kappa shape index (κ2) is 6.27. The fourth-order valence-electron chi connectivity index (χ4n) is 2.72. The number of nitrogens with zero attached hydrogens (tertiary/aromatic N) is 3. The molecule has 0 radical (unpaired) electrons. The van der Waals surface area contributed by atoms with Gasteiger partial charge in [-0.2, -0.15) is 0 Å². The van der Waals surface area contributed by atoms with Crippen LogP contribution in [0.15, 0.2) is 29.2 Å². The molecule has 1 atom stereocenters. The van der Waals surface area contributed by atoms with Gasteiger partial charge in [0.05, 0.1) is 5.69 Å². The molecule has 2 aliphatic heterocycles. The standard InChI is InChI=1S/C16H17N3O4S/c1-10-7-8-18(11-5-3-4-6-12(11)24-10)13(20)9-19-15(22)14(21)17(2)16(19)23/h3-6,10H,7-9H2,1-2H3/t10-/m1/s1. The van der Waals surface area contributed by atoms with Crippen LogP contribution in [0.3, 0.4) is 0 Å². The monoisotopic (exact) mass is 347 g/mol. The number of benzene rings is 1. The summed E-state index contributed by atoms with van der Waals surface area (Å²) in [4.78, 5) is 52.1. The van der Waals surface area contributed by atoms with Gasteiger partial charge in [-0.15, -0.1) is 11.8 Å². The summed E-state index contributed by atoms with van der Waals surface area (Å²) < 4.78 is 0. The van der Waals surface area contributed by atoms with Crippen molar-refractivity contribution in [3.05, 3.63) is 24.3 Å². The maximum Gasteiger partial charge on any atom is 0.334 e. The van der Waals surface area contributed by atoms with Crippen LogP contribution >= 0.6 is 11.8 Å². The number of rotatable bonds is 2. The molecule has 0 unspecified atom stereocenters. The summed E-state index contributed by atoms with van der Waals surface area (Å²) in [6.45, 7) is 2.17. The van der Waals surface area contributed by atoms with Crippen LogP contribution in [-0.4, -0.2) is 58.9 Å². The van der Waals surface area contributed by atoms with Gasteiger partial charge in [0.25, 0.3) is 0 Å². The molecule has 3 rings (SSSR count). The zero-order valence-electron chi connectivity index (χ0n) is 13.4. The molecule has 5 amide bonds. The maximum atomic E-state index is 12.7. The van der Waals surface area contributed by atoms with Crippen molar-refractivity contribution in [1.29, 1.82) is 0 Å². The molecule has 1 aromatic rings. The van der Waals surface area contributed by atoms with Crippen LogP contribution in [-0.2, 0) is 14.4 Å². The van der Waals surface area contributed by atoms with Crippen molar-refractivity contribution >= 4 is 41.2 Å². The van der Waals surface area contributed by atoms with Crippen LogP contribution in [0.2, 0.25) is 0 Å². The van der Waals surface area contributed by atoms with Crippen molar-refractivity contribution < 1.29 is 19.2 Å². The van der Waals surface area contributed by atoms with Crippen molar-refractivity contribution in [2.45, 2.75) is 23.5 Å². The Hall–Kier alpha value is -2.35. The summed E-state index contributed by atoms with van der Waals surface area (Å²) in [5.74, 6) is -2.24. The highest BCUT2D eigenvalue weighted by atomic mass is 32.2. The first-order valence-electron chi connectivity index (χ1n) is 7.59. The third kappa shape index (κ3) is 2.77. The number of carbonyl (C=O) groups is 4. The lowest BCUT2D eigenvalue weighted by Crippen LogP contribution is -2.44. The third-order valence-electron chi connectivity index (χ3n) is 4.09. The van der Waals surface area contributed by atoms with Crippen LogP contribution in [0.25, 0.3) is 0 Å². The SMILES string of the molecule is C[C@@H]1CCN(C(=O)CN2C(=O)C(=O)N(C)C2=O)c2ccccc2S1. The molecule has 0 N–H and O–H groups in total. The highest BCUT2D eigenvalue weighted by Gasteiger charge is 2.43. The molecule has 0 spiro atoms. The van der Waals surface area contributed by atoms with E-state index < -0.39 is 24.4 Å². The molecule has 1 saturated heterocycles. The summed E-state index contributed by atoms with van der Waals surface area (Å²) in [5.41, 5.74) is 0.774. The van der Waals surface area contributed by atoms with E-state index in [0.717, 1.165) is 21.9 Å². The predicted molar refractivity (Wildman–Crippen MR) is 88.6 cm³/mol. The van der Waals surface area contributed by atoms with Crippen LogP contribution < -0.4 is 4.90 Å². The molecule has 0 saturated carbocycles. The van der Waals surface area contributed by atoms with Crippen molar-refractivity contribution in [3.63, 3.8) is 0 Å². The Balaban J connectivity index is 1.84. The van der Waals surface area contributed by atoms with Gasteiger partial charge in [0.15, 0.2) is 0 Å². The van der Waals surface area contributed by atoms with Crippen LogP contribution in [0, 0.1) is 0 Å². The third-order valence-corrected chi connectivity index (χ3v) is 5.33. The topological polar surface area (TPSA) is 78.0 Å². The highest BCUT2D eigenvalue weighted by Crippen LogP contribution is 2.37. The number of hydrogen-bond donors (Lipinski definition) is 0. The minimum absolute atomic E-state index is 0.353. The van der Waals surface area contributed by atoms with E-state index >= 15 is 0 Å². The van der Waals surface area contributed by atoms with Crippen LogP contribution in [0.5, 0.6) is 0 Å². The number of likely N-dealkylation sites (N-methyl/N-ethyl adjacent to an activating group) is 1. The quantitative estimate of drug-likeness (QED) is 0.596. The number of thioether (sulfide) groups is 1. The number of anilines is 1. The highest BCUT2D eigenvalue weighted by molar-refractivity contribution is 8.00. The summed E-state index contributed by atoms with van der Waals surface area (Å²) in [5, 5.41) is 0.353. The molecule has 2 aliphatic rings. The first-order chi connectivity index (χ1) is 11.4. The van der Waals surface area contributed by atoms with E-state index in [1.54, 1.807) is 16.7 Å². The Morgan fingerprint density at radius 2 is 1.92 bits per heavy atom. The second-order valence-corrected chi connectivity index (χ2v) is 7.25. The number of fused-ring (bicyclic) bond motifs is 1. The van der Waals surface area contributed by atoms with E-state index in [9.17, 15) is 19.2 Å². The number of para-hydroxylation sites is 1. The van der Waals surface area contributed by atoms with Gasteiger partial charge in [-0.25, -0.2) is 9.69 Å². The molecular weight excluding hydrogens is 330 g/mol. The van der Waals surface area contributed by atoms with E-state index in [4.69, 9.17) is 0 Å². The first-order valence-corrected chi connectivity index (χ1v) is 8.47. The Kier molecular flexibility index (Phi) is 4.31. The van der Waals surface area contributed by atoms with Gasteiger partial charge < -0.3 is 4.90 Å². The largest absolute Gasteiger partial charge is 0.334 e. The Morgan fingerprint density at radius 1 is 1.21 bits per heavy atom. The van der Waals surface area contributed by atoms with Crippen molar-refractivity contribution in [1.82, 2.24) is 9.80 Å². The first kappa shape index (κ1) is 16.5. The van der Waals surface area contributed by atoms with Gasteiger partial charge in [0.2, 0.25) is 5.91 Å². The van der Waals surface area contributed by atoms with E-state index in [2.05, 4.69) is 6.92 Å². The van der Waals surface area contributed by atoms with Gasteiger partial charge in [0.1, 0.15) is 6.54 Å². The molecule has 8 heteroatoms. The molecule has 0 aromatic heterocycles. The summed E-state index contributed by atoms with van der Waals surface area (Å²) >= 11 is 1.69. The van der Waals surface area contributed by atoms with Crippen molar-refractivity contribution in [2.75, 3.05) is 25.0 Å². The summed E-state index contributed by atoms with van der Waals surface area (Å²) in [6, 6.07) is 6.80. The van der Waals surface area contributed by atoms with Gasteiger partial charge in [-0.1, -0.05) is 19.1 Å². The van der Waals surface area contributed by atoms with E-state index in [-0.39, 0.29) is 5.91 Å². The molecule has 0 bridgehead atoms. The van der Waals surface area contributed by atoms with Crippen molar-refractivity contribution in [3.8, 4) is 0 Å². The minimum Gasteiger partial charge on any atom is -0.310 e. The minimum atomic E-state index is -0.957. The zero-order chi connectivity index (χ0) is 17.4. The number of hydrogen-bond acceptors (Lipinski definition) is 5. The van der Waals surface area contributed by atoms with Crippen LogP contribution in [0.1, 0.15) is 13.3 Å². The summed E-state index contributed by atoms with van der Waals surface area (Å²) in [6.07, 6.45) is 0.797. The van der Waals surface area contributed by atoms with Crippen molar-refractivity contribution in [2.24, 2.45) is 0 Å². The molecule has 2 heterocycles. The molecule has 0 aliphatic carbocycles. The van der Waals surface area contributed by atoms with E-state index in [1.807, 2.05) is 24.3 Å². The summed E-state index contributed by atoms with van der Waals surface area (Å²) in [7, 11) is 1.23. The van der Waals surface area contributed by atoms with Gasteiger partial charge in [-0.3, -0.25) is 19.3 Å². The normalized spacial score (nSPS) is 21.2. The Labute approximate surface area is 143 Å². The van der Waals surface area contributed by atoms with Crippen LogP contribution in [0.4, 0.5) is 10.5 Å². The number of amides is 5. The lowest BCUT2D eigenvalue weighted by molar-refractivity contribution is -0.143. The average molecular weight is 347 g/mol. The fourth-order valence-corrected chi connectivity index (χ4v) is 3.83. The molecule has 1 aromatic carbocycles. The fraction of sp³-hybridized carbons (Fsp3) is 0.375. The average Bonchev–Trinajstić information content (AvgIpc) is 2.72. The Bertz CT molecular complexity index is 736. The van der Waals surface area contributed by atoms with E-state index in [1.165, 1.54) is 7.05 Å². The van der Waals surface area contributed by atoms with Gasteiger partial charge in [-0.05, 0) is 18.6 Å². The van der Waals surface area contributed by atoms with E-state index in [0.29, 0.717) is 16.7 Å². The predicted octanol–water partition coefficient (Wildman–Crippen LogP) is 1.32. The van der Waals surface area contributed by atoms with Gasteiger partial charge >= 0.3 is 17.8 Å². The lowest BCUT2D eigenvalue weighted by Gasteiger charge is -2.24. The smallest absolute Gasteiger partial charge is 0.310 e. The maximum absolute atomic E-state index is 12.7. The number of urea groups is 1. The molecule has 1 fully saturated rings. The lowest BCUT2D eigenvalue weighted by atomic mass is 10.2. The molecule has 126 valence electrons. The Morgan fingerprint density at radius 3 is 2.58 bits per heavy atom. The zero-order valence-corrected chi connectivity index (χ0v) is 14.2. The number of imide groups is 2. The molecular formula is C16H17N3O4S. The van der Waals surface area contributed by atoms with Gasteiger partial charge in [0, 0.05) is 23.7 Å².